The molecule has 4 rings (SSSR count). The average Bonchev–Trinajstić information content (AvgIpc) is 3.18. The molecule has 114 valence electrons. The van der Waals surface area contributed by atoms with Crippen molar-refractivity contribution in [1.82, 2.24) is 0 Å². The SMILES string of the molecule is O=P(C1CCCCC1)(C1CCCCC1)[C@@H]1CC[C@H]2O[C@@H]12. The topological polar surface area (TPSA) is 29.6 Å². The Morgan fingerprint density at radius 1 is 0.700 bits per heavy atom. The van der Waals surface area contributed by atoms with Crippen molar-refractivity contribution in [2.24, 2.45) is 0 Å². The van der Waals surface area contributed by atoms with Gasteiger partial charge in [-0.2, -0.15) is 0 Å². The minimum absolute atomic E-state index is 0.407. The molecular formula is C17H29O2P. The quantitative estimate of drug-likeness (QED) is 0.545. The van der Waals surface area contributed by atoms with E-state index >= 15 is 0 Å². The third-order valence-corrected chi connectivity index (χ3v) is 11.5. The van der Waals surface area contributed by atoms with Crippen LogP contribution in [0.3, 0.4) is 0 Å². The van der Waals surface area contributed by atoms with Crippen molar-refractivity contribution in [2.45, 2.75) is 106 Å². The maximum Gasteiger partial charge on any atom is 0.0991 e. The van der Waals surface area contributed by atoms with E-state index in [4.69, 9.17) is 4.74 Å². The minimum Gasteiger partial charge on any atom is -0.369 e. The van der Waals surface area contributed by atoms with Crippen LogP contribution < -0.4 is 0 Å². The van der Waals surface area contributed by atoms with Crippen molar-refractivity contribution in [3.8, 4) is 0 Å². The third kappa shape index (κ3) is 2.22. The van der Waals surface area contributed by atoms with Crippen LogP contribution in [0.1, 0.15) is 77.0 Å². The standard InChI is InChI=1S/C17H29O2P/c18-20(13-7-3-1-4-8-13,14-9-5-2-6-10-14)16-12-11-15-17(16)19-15/h13-17H,1-12H2/t15-,16-,17-/m1/s1. The molecule has 4 fully saturated rings. The molecule has 3 saturated carbocycles. The smallest absolute Gasteiger partial charge is 0.0991 e. The largest absolute Gasteiger partial charge is 0.369 e. The molecule has 1 heterocycles. The monoisotopic (exact) mass is 296 g/mol. The van der Waals surface area contributed by atoms with Gasteiger partial charge in [0, 0.05) is 17.0 Å². The molecule has 0 bridgehead atoms. The summed E-state index contributed by atoms with van der Waals surface area (Å²) in [5.41, 5.74) is 1.58. The molecule has 0 spiro atoms. The van der Waals surface area contributed by atoms with E-state index in [2.05, 4.69) is 0 Å². The number of hydrogen-bond acceptors (Lipinski definition) is 2. The number of rotatable bonds is 3. The van der Waals surface area contributed by atoms with Crippen molar-refractivity contribution in [1.29, 1.82) is 0 Å². The zero-order chi connectivity index (χ0) is 13.6. The molecule has 3 atom stereocenters. The van der Waals surface area contributed by atoms with Crippen LogP contribution in [-0.4, -0.2) is 29.2 Å². The van der Waals surface area contributed by atoms with Gasteiger partial charge in [-0.05, 0) is 38.5 Å². The van der Waals surface area contributed by atoms with Gasteiger partial charge in [-0.15, -0.1) is 0 Å². The molecule has 1 saturated heterocycles. The normalized spacial score (nSPS) is 39.7. The first-order valence-electron chi connectivity index (χ1n) is 9.04. The van der Waals surface area contributed by atoms with Crippen LogP contribution in [-0.2, 0) is 9.30 Å². The summed E-state index contributed by atoms with van der Waals surface area (Å²) in [6.45, 7) is 0. The molecule has 0 aromatic rings. The van der Waals surface area contributed by atoms with E-state index in [0.29, 0.717) is 29.2 Å². The van der Waals surface area contributed by atoms with Gasteiger partial charge in [-0.1, -0.05) is 38.5 Å². The lowest BCUT2D eigenvalue weighted by atomic mass is 9.99. The molecule has 0 unspecified atom stereocenters. The van der Waals surface area contributed by atoms with Crippen LogP contribution in [0, 0.1) is 0 Å². The van der Waals surface area contributed by atoms with Crippen LogP contribution in [0.25, 0.3) is 0 Å². The second-order valence-electron chi connectivity index (χ2n) is 7.63. The maximum absolute atomic E-state index is 14.3. The Hall–Kier alpha value is 0.190. The number of fused-ring (bicyclic) bond motifs is 1. The summed E-state index contributed by atoms with van der Waals surface area (Å²) in [5, 5.41) is 0. The van der Waals surface area contributed by atoms with Gasteiger partial charge >= 0.3 is 0 Å². The molecule has 3 aliphatic carbocycles. The molecule has 0 aromatic heterocycles. The number of ether oxygens (including phenoxy) is 1. The molecule has 3 heteroatoms. The van der Waals surface area contributed by atoms with Gasteiger partial charge < -0.3 is 9.30 Å². The van der Waals surface area contributed by atoms with Gasteiger partial charge in [-0.25, -0.2) is 0 Å². The first-order chi connectivity index (χ1) is 9.80. The van der Waals surface area contributed by atoms with Crippen molar-refractivity contribution in [2.75, 3.05) is 0 Å². The van der Waals surface area contributed by atoms with E-state index in [9.17, 15) is 4.57 Å². The summed E-state index contributed by atoms with van der Waals surface area (Å²) in [4.78, 5) is 0. The Kier molecular flexibility index (Phi) is 3.75. The summed E-state index contributed by atoms with van der Waals surface area (Å²) in [6.07, 6.45) is 16.3. The minimum atomic E-state index is -2.06. The van der Waals surface area contributed by atoms with Crippen molar-refractivity contribution in [3.05, 3.63) is 0 Å². The van der Waals surface area contributed by atoms with Crippen molar-refractivity contribution in [3.63, 3.8) is 0 Å². The first kappa shape index (κ1) is 13.8. The van der Waals surface area contributed by atoms with Gasteiger partial charge in [0.15, 0.2) is 0 Å². The molecule has 0 N–H and O–H groups in total. The molecule has 4 aliphatic rings. The van der Waals surface area contributed by atoms with E-state index in [1.165, 1.54) is 77.0 Å². The highest BCUT2D eigenvalue weighted by Crippen LogP contribution is 2.71. The summed E-state index contributed by atoms with van der Waals surface area (Å²) in [6, 6.07) is 0. The maximum atomic E-state index is 14.3. The summed E-state index contributed by atoms with van der Waals surface area (Å²) < 4.78 is 20.1. The fourth-order valence-electron chi connectivity index (χ4n) is 5.47. The zero-order valence-electron chi connectivity index (χ0n) is 12.6. The van der Waals surface area contributed by atoms with Crippen molar-refractivity contribution < 1.29 is 9.30 Å². The van der Waals surface area contributed by atoms with E-state index in [1.54, 1.807) is 0 Å². The number of epoxide rings is 1. The van der Waals surface area contributed by atoms with Gasteiger partial charge in [0.2, 0.25) is 0 Å². The van der Waals surface area contributed by atoms with E-state index < -0.39 is 7.14 Å². The molecule has 0 radical (unpaired) electrons. The Morgan fingerprint density at radius 2 is 1.25 bits per heavy atom. The van der Waals surface area contributed by atoms with Crippen LogP contribution >= 0.6 is 7.14 Å². The lowest BCUT2D eigenvalue weighted by Gasteiger charge is -2.41. The van der Waals surface area contributed by atoms with Gasteiger partial charge in [0.1, 0.15) is 0 Å². The van der Waals surface area contributed by atoms with Crippen LogP contribution in [0.2, 0.25) is 0 Å². The summed E-state index contributed by atoms with van der Waals surface area (Å²) in [5.74, 6) is 0. The van der Waals surface area contributed by atoms with E-state index in [-0.39, 0.29) is 0 Å². The third-order valence-electron chi connectivity index (χ3n) is 6.56. The van der Waals surface area contributed by atoms with Crippen LogP contribution in [0.5, 0.6) is 0 Å². The van der Waals surface area contributed by atoms with E-state index in [0.717, 1.165) is 0 Å². The fourth-order valence-corrected chi connectivity index (χ4v) is 10.8. The molecule has 0 amide bonds. The van der Waals surface area contributed by atoms with Gasteiger partial charge in [0.05, 0.1) is 19.3 Å². The first-order valence-corrected chi connectivity index (χ1v) is 11.0. The predicted octanol–water partition coefficient (Wildman–Crippen LogP) is 4.94. The molecule has 1 aliphatic heterocycles. The van der Waals surface area contributed by atoms with Crippen LogP contribution in [0.4, 0.5) is 0 Å². The highest BCUT2D eigenvalue weighted by molar-refractivity contribution is 7.66. The molecule has 20 heavy (non-hydrogen) atoms. The highest BCUT2D eigenvalue weighted by Gasteiger charge is 2.60. The second-order valence-corrected chi connectivity index (χ2v) is 11.3. The molecule has 0 aromatic carbocycles. The van der Waals surface area contributed by atoms with Crippen LogP contribution in [0.15, 0.2) is 0 Å². The Labute approximate surface area is 123 Å². The summed E-state index contributed by atoms with van der Waals surface area (Å²) in [7, 11) is -2.06. The lowest BCUT2D eigenvalue weighted by Crippen LogP contribution is -2.31. The molecular weight excluding hydrogens is 267 g/mol. The Morgan fingerprint density at radius 3 is 1.65 bits per heavy atom. The summed E-state index contributed by atoms with van der Waals surface area (Å²) >= 11 is 0. The second kappa shape index (κ2) is 5.43. The van der Waals surface area contributed by atoms with Gasteiger partial charge in [0.25, 0.3) is 0 Å². The predicted molar refractivity (Wildman–Crippen MR) is 83.0 cm³/mol. The highest BCUT2D eigenvalue weighted by atomic mass is 31.2. The molecule has 2 nitrogen and oxygen atoms in total. The average molecular weight is 296 g/mol. The van der Waals surface area contributed by atoms with Crippen molar-refractivity contribution >= 4 is 7.14 Å². The lowest BCUT2D eigenvalue weighted by molar-refractivity contribution is 0.317. The van der Waals surface area contributed by atoms with Gasteiger partial charge in [-0.3, -0.25) is 0 Å². The Balaban J connectivity index is 1.61. The Bertz CT molecular complexity index is 374. The zero-order valence-corrected chi connectivity index (χ0v) is 13.5. The fraction of sp³-hybridized carbons (Fsp3) is 1.00. The number of hydrogen-bond donors (Lipinski definition) is 0. The van der Waals surface area contributed by atoms with E-state index in [1.807, 2.05) is 0 Å².